The molecule has 2 rings (SSSR count). The first kappa shape index (κ1) is 9.65. The van der Waals surface area contributed by atoms with E-state index in [0.29, 0.717) is 17.3 Å². The Kier molecular flexibility index (Phi) is 2.10. The van der Waals surface area contributed by atoms with Crippen molar-refractivity contribution in [1.29, 1.82) is 0 Å². The van der Waals surface area contributed by atoms with Gasteiger partial charge in [-0.3, -0.25) is 4.68 Å². The van der Waals surface area contributed by atoms with Crippen LogP contribution in [0.1, 0.15) is 32.5 Å². The van der Waals surface area contributed by atoms with Crippen LogP contribution in [0.25, 0.3) is 0 Å². The van der Waals surface area contributed by atoms with E-state index in [4.69, 9.17) is 5.73 Å². The van der Waals surface area contributed by atoms with Crippen molar-refractivity contribution in [3.8, 4) is 0 Å². The van der Waals surface area contributed by atoms with E-state index in [-0.39, 0.29) is 0 Å². The van der Waals surface area contributed by atoms with E-state index in [1.165, 1.54) is 0 Å². The number of nitrogens with zero attached hydrogens (tertiary/aromatic N) is 3. The zero-order chi connectivity index (χ0) is 10.3. The summed E-state index contributed by atoms with van der Waals surface area (Å²) in [6, 6.07) is 0. The van der Waals surface area contributed by atoms with Gasteiger partial charge in [-0.2, -0.15) is 5.10 Å². The minimum Gasteiger partial charge on any atom is -0.330 e. The first-order valence-corrected chi connectivity index (χ1v) is 5.20. The van der Waals surface area contributed by atoms with Gasteiger partial charge in [0.2, 0.25) is 0 Å². The van der Waals surface area contributed by atoms with Gasteiger partial charge in [0, 0.05) is 12.5 Å². The molecule has 0 aliphatic heterocycles. The van der Waals surface area contributed by atoms with Crippen LogP contribution in [0.15, 0.2) is 6.33 Å². The summed E-state index contributed by atoms with van der Waals surface area (Å²) in [5.74, 6) is 2.17. The molecule has 1 aliphatic rings. The lowest BCUT2D eigenvalue weighted by molar-refractivity contribution is 0.542. The first-order chi connectivity index (χ1) is 6.62. The Labute approximate surface area is 84.5 Å². The van der Waals surface area contributed by atoms with Crippen molar-refractivity contribution < 1.29 is 0 Å². The monoisotopic (exact) mass is 194 g/mol. The van der Waals surface area contributed by atoms with Gasteiger partial charge in [-0.1, -0.05) is 13.8 Å². The summed E-state index contributed by atoms with van der Waals surface area (Å²) < 4.78 is 1.97. The molecule has 0 spiro atoms. The molecule has 1 aromatic heterocycles. The second-order valence-corrected chi connectivity index (χ2v) is 4.58. The predicted molar refractivity (Wildman–Crippen MR) is 54.8 cm³/mol. The van der Waals surface area contributed by atoms with Crippen LogP contribution in [-0.4, -0.2) is 21.3 Å². The SMILES string of the molecule is CCn1ncnc1[C@@H]1[C@@H](CN)C1(C)C. The summed E-state index contributed by atoms with van der Waals surface area (Å²) in [5, 5.41) is 4.19. The molecule has 0 bridgehead atoms. The Morgan fingerprint density at radius 1 is 1.57 bits per heavy atom. The van der Waals surface area contributed by atoms with E-state index in [1.54, 1.807) is 6.33 Å². The molecule has 0 unspecified atom stereocenters. The van der Waals surface area contributed by atoms with E-state index < -0.39 is 0 Å². The Hall–Kier alpha value is -0.900. The molecule has 0 amide bonds. The number of hydrogen-bond acceptors (Lipinski definition) is 3. The van der Waals surface area contributed by atoms with Crippen molar-refractivity contribution in [2.24, 2.45) is 17.1 Å². The van der Waals surface area contributed by atoms with Crippen molar-refractivity contribution in [3.63, 3.8) is 0 Å². The zero-order valence-electron chi connectivity index (χ0n) is 9.07. The van der Waals surface area contributed by atoms with Crippen LogP contribution in [0.3, 0.4) is 0 Å². The standard InChI is InChI=1S/C10H18N4/c1-4-14-9(12-6-13-14)8-7(5-11)10(8,2)3/h6-8H,4-5,11H2,1-3H3/t7-,8+/m1/s1. The van der Waals surface area contributed by atoms with Gasteiger partial charge in [0.1, 0.15) is 12.2 Å². The number of aromatic nitrogens is 3. The van der Waals surface area contributed by atoms with Gasteiger partial charge in [-0.15, -0.1) is 0 Å². The number of aryl methyl sites for hydroxylation is 1. The summed E-state index contributed by atoms with van der Waals surface area (Å²) in [6.07, 6.45) is 1.64. The molecular formula is C10H18N4. The fraction of sp³-hybridized carbons (Fsp3) is 0.800. The van der Waals surface area contributed by atoms with Gasteiger partial charge in [0.25, 0.3) is 0 Å². The highest BCUT2D eigenvalue weighted by atomic mass is 15.3. The molecule has 2 N–H and O–H groups in total. The quantitative estimate of drug-likeness (QED) is 0.781. The lowest BCUT2D eigenvalue weighted by Gasteiger charge is -2.03. The topological polar surface area (TPSA) is 56.7 Å². The fourth-order valence-electron chi connectivity index (χ4n) is 2.45. The maximum absolute atomic E-state index is 5.74. The minimum absolute atomic E-state index is 0.300. The molecule has 1 heterocycles. The Bertz CT molecular complexity index is 329. The third-order valence-electron chi connectivity index (χ3n) is 3.53. The molecule has 0 saturated heterocycles. The van der Waals surface area contributed by atoms with Crippen molar-refractivity contribution in [3.05, 3.63) is 12.2 Å². The molecule has 2 atom stereocenters. The summed E-state index contributed by atoms with van der Waals surface area (Å²) in [7, 11) is 0. The maximum atomic E-state index is 5.74. The highest BCUT2D eigenvalue weighted by Gasteiger charge is 2.59. The van der Waals surface area contributed by atoms with Gasteiger partial charge < -0.3 is 5.73 Å². The summed E-state index contributed by atoms with van der Waals surface area (Å²) >= 11 is 0. The lowest BCUT2D eigenvalue weighted by atomic mass is 10.1. The summed E-state index contributed by atoms with van der Waals surface area (Å²) in [6.45, 7) is 8.23. The van der Waals surface area contributed by atoms with E-state index in [0.717, 1.165) is 18.9 Å². The summed E-state index contributed by atoms with van der Waals surface area (Å²) in [5.41, 5.74) is 6.04. The maximum Gasteiger partial charge on any atom is 0.138 e. The molecule has 14 heavy (non-hydrogen) atoms. The van der Waals surface area contributed by atoms with Gasteiger partial charge in [-0.05, 0) is 24.8 Å². The minimum atomic E-state index is 0.300. The highest BCUT2D eigenvalue weighted by molar-refractivity contribution is 5.21. The predicted octanol–water partition coefficient (Wildman–Crippen LogP) is 0.996. The van der Waals surface area contributed by atoms with E-state index in [1.807, 2.05) is 4.68 Å². The van der Waals surface area contributed by atoms with Gasteiger partial charge >= 0.3 is 0 Å². The van der Waals surface area contributed by atoms with Crippen LogP contribution in [0, 0.1) is 11.3 Å². The Morgan fingerprint density at radius 3 is 2.79 bits per heavy atom. The molecule has 1 aliphatic carbocycles. The smallest absolute Gasteiger partial charge is 0.138 e. The van der Waals surface area contributed by atoms with Gasteiger partial charge in [-0.25, -0.2) is 4.98 Å². The van der Waals surface area contributed by atoms with Crippen molar-refractivity contribution in [2.75, 3.05) is 6.54 Å². The first-order valence-electron chi connectivity index (χ1n) is 5.20. The molecule has 0 aromatic carbocycles. The molecule has 4 nitrogen and oxygen atoms in total. The van der Waals surface area contributed by atoms with Crippen molar-refractivity contribution >= 4 is 0 Å². The van der Waals surface area contributed by atoms with Crippen LogP contribution >= 0.6 is 0 Å². The van der Waals surface area contributed by atoms with E-state index in [9.17, 15) is 0 Å². The fourth-order valence-corrected chi connectivity index (χ4v) is 2.45. The van der Waals surface area contributed by atoms with Crippen LogP contribution < -0.4 is 5.73 Å². The van der Waals surface area contributed by atoms with E-state index >= 15 is 0 Å². The normalized spacial score (nSPS) is 29.1. The van der Waals surface area contributed by atoms with Crippen LogP contribution in [0.4, 0.5) is 0 Å². The van der Waals surface area contributed by atoms with Crippen LogP contribution in [0.2, 0.25) is 0 Å². The number of hydrogen-bond donors (Lipinski definition) is 1. The Morgan fingerprint density at radius 2 is 2.29 bits per heavy atom. The third-order valence-corrected chi connectivity index (χ3v) is 3.53. The molecule has 78 valence electrons. The molecule has 1 aromatic rings. The van der Waals surface area contributed by atoms with Crippen molar-refractivity contribution in [1.82, 2.24) is 14.8 Å². The second-order valence-electron chi connectivity index (χ2n) is 4.58. The van der Waals surface area contributed by atoms with Gasteiger partial charge in [0.05, 0.1) is 0 Å². The summed E-state index contributed by atoms with van der Waals surface area (Å²) in [4.78, 5) is 4.34. The number of rotatable bonds is 3. The molecule has 1 fully saturated rings. The molecule has 4 heteroatoms. The van der Waals surface area contributed by atoms with E-state index in [2.05, 4.69) is 30.9 Å². The van der Waals surface area contributed by atoms with Gasteiger partial charge in [0.15, 0.2) is 0 Å². The lowest BCUT2D eigenvalue weighted by Crippen LogP contribution is -2.06. The second kappa shape index (κ2) is 3.05. The van der Waals surface area contributed by atoms with Crippen molar-refractivity contribution in [2.45, 2.75) is 33.2 Å². The third kappa shape index (κ3) is 1.17. The van der Waals surface area contributed by atoms with Crippen LogP contribution in [-0.2, 0) is 6.54 Å². The largest absolute Gasteiger partial charge is 0.330 e. The Balaban J connectivity index is 2.26. The zero-order valence-corrected chi connectivity index (χ0v) is 9.07. The highest BCUT2D eigenvalue weighted by Crippen LogP contribution is 2.63. The number of nitrogens with two attached hydrogens (primary N) is 1. The molecule has 0 radical (unpaired) electrons. The van der Waals surface area contributed by atoms with Crippen LogP contribution in [0.5, 0.6) is 0 Å². The average molecular weight is 194 g/mol. The average Bonchev–Trinajstić information content (AvgIpc) is 2.55. The molecule has 1 saturated carbocycles. The molecular weight excluding hydrogens is 176 g/mol.